The Morgan fingerprint density at radius 1 is 0.882 bits per heavy atom. The van der Waals surface area contributed by atoms with E-state index in [4.69, 9.17) is 0 Å². The Hall–Kier alpha value is -0.100. The van der Waals surface area contributed by atoms with Crippen LogP contribution >= 0.6 is 0 Å². The first kappa shape index (κ1) is 16.9. The van der Waals surface area contributed by atoms with E-state index in [9.17, 15) is 16.8 Å². The van der Waals surface area contributed by atoms with Crippen LogP contribution in [0.5, 0.6) is 0 Å². The fourth-order valence-electron chi connectivity index (χ4n) is 1.84. The molecule has 0 N–H and O–H groups in total. The number of hydrogen-bond acceptors (Lipinski definition) is 4. The van der Waals surface area contributed by atoms with Gasteiger partial charge in [-0.25, -0.2) is 16.8 Å². The van der Waals surface area contributed by atoms with Crippen LogP contribution in [0.3, 0.4) is 0 Å². The topological polar surface area (TPSA) is 68.3 Å². The molecule has 0 unspecified atom stereocenters. The molecule has 0 aromatic heterocycles. The maximum atomic E-state index is 12.0. The molecule has 0 aromatic rings. The molecule has 0 saturated heterocycles. The van der Waals surface area contributed by atoms with Gasteiger partial charge in [0.2, 0.25) is 0 Å². The Bertz CT molecular complexity index is 389. The van der Waals surface area contributed by atoms with Gasteiger partial charge >= 0.3 is 0 Å². The van der Waals surface area contributed by atoms with Crippen LogP contribution in [-0.2, 0) is 19.7 Å². The van der Waals surface area contributed by atoms with Gasteiger partial charge in [0.15, 0.2) is 9.84 Å². The molecule has 0 heterocycles. The third-order valence-corrected chi connectivity index (χ3v) is 6.05. The summed E-state index contributed by atoms with van der Waals surface area (Å²) in [5, 5.41) is -0.294. The molecular weight excluding hydrogens is 260 g/mol. The monoisotopic (exact) mass is 284 g/mol. The minimum Gasteiger partial charge on any atom is -0.229 e. The fraction of sp³-hybridized carbons (Fsp3) is 1.00. The van der Waals surface area contributed by atoms with Crippen molar-refractivity contribution in [3.05, 3.63) is 0 Å². The van der Waals surface area contributed by atoms with Crippen molar-refractivity contribution in [2.75, 3.05) is 17.8 Å². The molecule has 0 aromatic carbocycles. The van der Waals surface area contributed by atoms with E-state index in [1.165, 1.54) is 0 Å². The lowest BCUT2D eigenvalue weighted by Crippen LogP contribution is -2.25. The summed E-state index contributed by atoms with van der Waals surface area (Å²) in [5.74, 6) is -0.0536. The third-order valence-electron chi connectivity index (χ3n) is 2.67. The smallest absolute Gasteiger partial charge is 0.153 e. The fourth-order valence-corrected chi connectivity index (χ4v) is 4.76. The first-order chi connectivity index (χ1) is 7.73. The summed E-state index contributed by atoms with van der Waals surface area (Å²) in [6.07, 6.45) is 4.39. The molecule has 0 saturated carbocycles. The van der Waals surface area contributed by atoms with Crippen LogP contribution in [0.1, 0.15) is 46.0 Å². The van der Waals surface area contributed by atoms with Gasteiger partial charge in [0.05, 0.1) is 16.8 Å². The Labute approximate surface area is 106 Å². The van der Waals surface area contributed by atoms with Crippen molar-refractivity contribution < 1.29 is 16.8 Å². The lowest BCUT2D eigenvalue weighted by molar-refractivity contribution is 0.553. The number of rotatable bonds is 9. The molecule has 0 aliphatic carbocycles. The van der Waals surface area contributed by atoms with E-state index in [-0.39, 0.29) is 23.2 Å². The van der Waals surface area contributed by atoms with Crippen molar-refractivity contribution in [1.82, 2.24) is 0 Å². The zero-order valence-electron chi connectivity index (χ0n) is 11.0. The normalized spacial score (nSPS) is 13.2. The average Bonchev–Trinajstić information content (AvgIpc) is 2.15. The minimum absolute atomic E-state index is 0.00919. The lowest BCUT2D eigenvalue weighted by Gasteiger charge is -2.15. The Kier molecular flexibility index (Phi) is 7.32. The highest BCUT2D eigenvalue weighted by Crippen LogP contribution is 2.16. The van der Waals surface area contributed by atoms with E-state index < -0.39 is 19.7 Å². The van der Waals surface area contributed by atoms with Gasteiger partial charge < -0.3 is 0 Å². The van der Waals surface area contributed by atoms with E-state index in [1.807, 2.05) is 13.8 Å². The predicted octanol–water partition coefficient (Wildman–Crippen LogP) is 1.80. The molecule has 0 aliphatic heterocycles. The second-order valence-corrected chi connectivity index (χ2v) is 9.21. The van der Waals surface area contributed by atoms with Crippen molar-refractivity contribution in [3.63, 3.8) is 0 Å². The van der Waals surface area contributed by atoms with Crippen LogP contribution in [0.2, 0.25) is 0 Å². The molecule has 104 valence electrons. The summed E-state index contributed by atoms with van der Waals surface area (Å²) in [4.78, 5) is 0. The highest BCUT2D eigenvalue weighted by atomic mass is 32.2. The molecule has 4 nitrogen and oxygen atoms in total. The predicted molar refractivity (Wildman–Crippen MR) is 71.7 cm³/mol. The van der Waals surface area contributed by atoms with Gasteiger partial charge in [-0.2, -0.15) is 0 Å². The summed E-state index contributed by atoms with van der Waals surface area (Å²) in [7, 11) is -6.19. The standard InChI is InChI=1S/C11H24O4S2/c1-4-7-11(8-5-2)17(14,15)10-6-9-16(3,12)13/h11H,4-10H2,1-3H3. The van der Waals surface area contributed by atoms with Gasteiger partial charge in [-0.3, -0.25) is 0 Å². The second-order valence-electron chi connectivity index (χ2n) is 4.55. The maximum Gasteiger partial charge on any atom is 0.153 e. The van der Waals surface area contributed by atoms with Gasteiger partial charge in [0.1, 0.15) is 9.84 Å². The minimum atomic E-state index is -3.13. The van der Waals surface area contributed by atoms with Gasteiger partial charge in [0, 0.05) is 6.26 Å². The van der Waals surface area contributed by atoms with Crippen molar-refractivity contribution in [1.29, 1.82) is 0 Å². The summed E-state index contributed by atoms with van der Waals surface area (Å²) in [6.45, 7) is 3.93. The first-order valence-corrected chi connectivity index (χ1v) is 9.89. The second kappa shape index (κ2) is 7.36. The largest absolute Gasteiger partial charge is 0.229 e. The molecule has 0 amide bonds. The summed E-state index contributed by atoms with van der Waals surface area (Å²) in [5.41, 5.74) is 0. The highest BCUT2D eigenvalue weighted by molar-refractivity contribution is 7.92. The molecule has 6 heteroatoms. The van der Waals surface area contributed by atoms with Crippen molar-refractivity contribution in [2.45, 2.75) is 51.2 Å². The molecular formula is C11H24O4S2. The van der Waals surface area contributed by atoms with Gasteiger partial charge in [-0.05, 0) is 19.3 Å². The van der Waals surface area contributed by atoms with Crippen molar-refractivity contribution in [3.8, 4) is 0 Å². The van der Waals surface area contributed by atoms with E-state index in [2.05, 4.69) is 0 Å². The van der Waals surface area contributed by atoms with Gasteiger partial charge in [-0.1, -0.05) is 26.7 Å². The Morgan fingerprint density at radius 3 is 1.71 bits per heavy atom. The third kappa shape index (κ3) is 7.76. The zero-order valence-corrected chi connectivity index (χ0v) is 12.6. The van der Waals surface area contributed by atoms with E-state index >= 15 is 0 Å². The lowest BCUT2D eigenvalue weighted by atomic mass is 10.2. The molecule has 0 fully saturated rings. The summed E-state index contributed by atoms with van der Waals surface area (Å²) in [6, 6.07) is 0. The number of hydrogen-bond donors (Lipinski definition) is 0. The van der Waals surface area contributed by atoms with Crippen molar-refractivity contribution >= 4 is 19.7 Å². The van der Waals surface area contributed by atoms with Crippen LogP contribution < -0.4 is 0 Å². The van der Waals surface area contributed by atoms with Crippen LogP contribution in [0, 0.1) is 0 Å². The quantitative estimate of drug-likeness (QED) is 0.647. The van der Waals surface area contributed by atoms with Crippen LogP contribution in [0.15, 0.2) is 0 Å². The average molecular weight is 284 g/mol. The molecule has 0 rings (SSSR count). The maximum absolute atomic E-state index is 12.0. The number of sulfone groups is 2. The Morgan fingerprint density at radius 2 is 1.35 bits per heavy atom. The van der Waals surface area contributed by atoms with E-state index in [1.54, 1.807) is 0 Å². The first-order valence-electron chi connectivity index (χ1n) is 6.12. The molecule has 0 bridgehead atoms. The zero-order chi connectivity index (χ0) is 13.5. The van der Waals surface area contributed by atoms with Gasteiger partial charge in [0.25, 0.3) is 0 Å². The van der Waals surface area contributed by atoms with E-state index in [0.717, 1.165) is 19.1 Å². The molecule has 0 radical (unpaired) electrons. The molecule has 17 heavy (non-hydrogen) atoms. The van der Waals surface area contributed by atoms with Crippen LogP contribution in [0.4, 0.5) is 0 Å². The summed E-state index contributed by atoms with van der Waals surface area (Å²) >= 11 is 0. The molecule has 0 spiro atoms. The molecule has 0 aliphatic rings. The van der Waals surface area contributed by atoms with Crippen LogP contribution in [-0.4, -0.2) is 39.8 Å². The molecule has 0 atom stereocenters. The summed E-state index contributed by atoms with van der Waals surface area (Å²) < 4.78 is 45.9. The van der Waals surface area contributed by atoms with Crippen molar-refractivity contribution in [2.24, 2.45) is 0 Å². The SMILES string of the molecule is CCCC(CCC)S(=O)(=O)CCCS(C)(=O)=O. The van der Waals surface area contributed by atoms with Crippen LogP contribution in [0.25, 0.3) is 0 Å². The highest BCUT2D eigenvalue weighted by Gasteiger charge is 2.23. The van der Waals surface area contributed by atoms with Gasteiger partial charge in [-0.15, -0.1) is 0 Å². The van der Waals surface area contributed by atoms with E-state index in [0.29, 0.717) is 12.8 Å². The Balaban J connectivity index is 4.42.